The average Bonchev–Trinajstić information content (AvgIpc) is 3.13. The van der Waals surface area contributed by atoms with Crippen LogP contribution < -0.4 is 9.47 Å². The Labute approximate surface area is 159 Å². The summed E-state index contributed by atoms with van der Waals surface area (Å²) in [5.41, 5.74) is 1.24. The molecule has 2 aromatic carbocycles. The zero-order valence-electron chi connectivity index (χ0n) is 15.5. The van der Waals surface area contributed by atoms with E-state index in [0.29, 0.717) is 30.2 Å². The Balaban J connectivity index is 1.83. The van der Waals surface area contributed by atoms with Crippen molar-refractivity contribution in [3.8, 4) is 11.5 Å². The molecule has 0 N–H and O–H groups in total. The number of hydrogen-bond acceptors (Lipinski definition) is 5. The Kier molecular flexibility index (Phi) is 5.38. The highest BCUT2D eigenvalue weighted by Gasteiger charge is 2.21. The summed E-state index contributed by atoms with van der Waals surface area (Å²) in [6.45, 7) is 2.95. The summed E-state index contributed by atoms with van der Waals surface area (Å²) in [6.07, 6.45) is 0. The molecule has 0 saturated heterocycles. The van der Waals surface area contributed by atoms with E-state index in [4.69, 9.17) is 9.47 Å². The second-order valence-corrected chi connectivity index (χ2v) is 8.47. The van der Waals surface area contributed by atoms with Crippen LogP contribution in [0.5, 0.6) is 11.5 Å². The summed E-state index contributed by atoms with van der Waals surface area (Å²) in [5, 5.41) is 0. The Morgan fingerprint density at radius 1 is 1.07 bits per heavy atom. The first-order valence-corrected chi connectivity index (χ1v) is 9.97. The molecule has 7 nitrogen and oxygen atoms in total. The summed E-state index contributed by atoms with van der Waals surface area (Å²) < 4.78 is 36.4. The number of amides is 1. The van der Waals surface area contributed by atoms with Crippen molar-refractivity contribution in [1.82, 2.24) is 9.21 Å². The number of ether oxygens (including phenoxy) is 2. The van der Waals surface area contributed by atoms with Crippen LogP contribution in [0.2, 0.25) is 0 Å². The van der Waals surface area contributed by atoms with Gasteiger partial charge in [0, 0.05) is 32.7 Å². The fraction of sp³-hybridized carbons (Fsp3) is 0.316. The second-order valence-electron chi connectivity index (χ2n) is 6.32. The number of carbonyl (C=O) groups is 1. The van der Waals surface area contributed by atoms with E-state index in [1.54, 1.807) is 17.0 Å². The number of fused-ring (bicyclic) bond motifs is 1. The maximum absolute atomic E-state index is 12.9. The molecule has 8 heteroatoms. The van der Waals surface area contributed by atoms with Crippen LogP contribution in [-0.2, 0) is 16.6 Å². The smallest absolute Gasteiger partial charge is 0.254 e. The van der Waals surface area contributed by atoms with Crippen molar-refractivity contribution >= 4 is 15.9 Å². The molecular weight excluding hydrogens is 368 g/mol. The van der Waals surface area contributed by atoms with Gasteiger partial charge in [-0.05, 0) is 42.8 Å². The summed E-state index contributed by atoms with van der Waals surface area (Å²) in [5.74, 6) is 1.12. The van der Waals surface area contributed by atoms with Crippen LogP contribution in [0.4, 0.5) is 0 Å². The van der Waals surface area contributed by atoms with Gasteiger partial charge >= 0.3 is 0 Å². The number of rotatable bonds is 6. The third-order valence-electron chi connectivity index (χ3n) is 4.34. The zero-order valence-corrected chi connectivity index (χ0v) is 16.3. The lowest BCUT2D eigenvalue weighted by atomic mass is 10.1. The number of carbonyl (C=O) groups excluding carboxylic acids is 1. The number of nitrogens with zero attached hydrogens (tertiary/aromatic N) is 2. The van der Waals surface area contributed by atoms with Crippen LogP contribution in [0.25, 0.3) is 0 Å². The fourth-order valence-corrected chi connectivity index (χ4v) is 3.72. The van der Waals surface area contributed by atoms with E-state index in [1.165, 1.54) is 26.2 Å². The maximum atomic E-state index is 12.9. The van der Waals surface area contributed by atoms with Crippen molar-refractivity contribution in [2.45, 2.75) is 18.4 Å². The van der Waals surface area contributed by atoms with E-state index in [1.807, 2.05) is 25.1 Å². The lowest BCUT2D eigenvalue weighted by molar-refractivity contribution is 0.0752. The van der Waals surface area contributed by atoms with E-state index in [9.17, 15) is 13.2 Å². The van der Waals surface area contributed by atoms with Gasteiger partial charge in [-0.2, -0.15) is 0 Å². The predicted octanol–water partition coefficient (Wildman–Crippen LogP) is 2.33. The highest BCUT2D eigenvalue weighted by atomic mass is 32.2. The highest BCUT2D eigenvalue weighted by Crippen LogP contribution is 2.33. The second kappa shape index (κ2) is 7.58. The van der Waals surface area contributed by atoms with Crippen molar-refractivity contribution in [2.24, 2.45) is 0 Å². The molecular formula is C19H22N2O5S. The summed E-state index contributed by atoms with van der Waals surface area (Å²) in [4.78, 5) is 14.7. The van der Waals surface area contributed by atoms with E-state index in [2.05, 4.69) is 0 Å². The lowest BCUT2D eigenvalue weighted by Crippen LogP contribution is -2.30. The standard InChI is InChI=1S/C19H22N2O5S/c1-4-21(12-14-8-9-17-18(10-14)26-13-25-17)19(22)15-6-5-7-16(11-15)27(23,24)20(2)3/h5-11H,4,12-13H2,1-3H3. The number of hydrogen-bond donors (Lipinski definition) is 0. The molecule has 0 bridgehead atoms. The molecule has 0 saturated carbocycles. The van der Waals surface area contributed by atoms with Crippen LogP contribution in [0.1, 0.15) is 22.8 Å². The third kappa shape index (κ3) is 3.91. The van der Waals surface area contributed by atoms with Crippen LogP contribution >= 0.6 is 0 Å². The predicted molar refractivity (Wildman–Crippen MR) is 100 cm³/mol. The normalized spacial score (nSPS) is 13.0. The van der Waals surface area contributed by atoms with Crippen molar-refractivity contribution in [3.05, 3.63) is 53.6 Å². The van der Waals surface area contributed by atoms with Gasteiger partial charge in [-0.15, -0.1) is 0 Å². The average molecular weight is 390 g/mol. The first kappa shape index (κ1) is 19.2. The maximum Gasteiger partial charge on any atom is 0.254 e. The van der Waals surface area contributed by atoms with E-state index >= 15 is 0 Å². The van der Waals surface area contributed by atoms with Gasteiger partial charge in [0.25, 0.3) is 5.91 Å². The van der Waals surface area contributed by atoms with Crippen molar-refractivity contribution < 1.29 is 22.7 Å². The van der Waals surface area contributed by atoms with E-state index in [-0.39, 0.29) is 17.6 Å². The minimum absolute atomic E-state index is 0.0949. The molecule has 27 heavy (non-hydrogen) atoms. The molecule has 1 amide bonds. The molecule has 0 aliphatic carbocycles. The van der Waals surface area contributed by atoms with E-state index in [0.717, 1.165) is 9.87 Å². The molecule has 0 atom stereocenters. The summed E-state index contributed by atoms with van der Waals surface area (Å²) in [7, 11) is -0.679. The summed E-state index contributed by atoms with van der Waals surface area (Å²) in [6, 6.07) is 11.7. The zero-order chi connectivity index (χ0) is 19.6. The largest absolute Gasteiger partial charge is 0.454 e. The quantitative estimate of drug-likeness (QED) is 0.757. The Morgan fingerprint density at radius 3 is 2.52 bits per heavy atom. The van der Waals surface area contributed by atoms with Gasteiger partial charge in [0.1, 0.15) is 0 Å². The molecule has 0 unspecified atom stereocenters. The monoisotopic (exact) mass is 390 g/mol. The molecule has 1 aliphatic heterocycles. The Morgan fingerprint density at radius 2 is 1.81 bits per heavy atom. The highest BCUT2D eigenvalue weighted by molar-refractivity contribution is 7.89. The first-order valence-electron chi connectivity index (χ1n) is 8.53. The minimum atomic E-state index is -3.60. The van der Waals surface area contributed by atoms with Gasteiger partial charge in [-0.3, -0.25) is 4.79 Å². The molecule has 1 heterocycles. The Hall–Kier alpha value is -2.58. The van der Waals surface area contributed by atoms with Crippen molar-refractivity contribution in [1.29, 1.82) is 0 Å². The Bertz CT molecular complexity index is 956. The van der Waals surface area contributed by atoms with Gasteiger partial charge in [0.2, 0.25) is 16.8 Å². The molecule has 1 aliphatic rings. The number of sulfonamides is 1. The van der Waals surface area contributed by atoms with Gasteiger partial charge in [0.05, 0.1) is 4.90 Å². The van der Waals surface area contributed by atoms with Gasteiger partial charge in [0.15, 0.2) is 11.5 Å². The van der Waals surface area contributed by atoms with E-state index < -0.39 is 10.0 Å². The molecule has 0 aromatic heterocycles. The molecule has 144 valence electrons. The molecule has 3 rings (SSSR count). The van der Waals surface area contributed by atoms with Gasteiger partial charge in [-0.1, -0.05) is 12.1 Å². The van der Waals surface area contributed by atoms with Crippen LogP contribution in [0.3, 0.4) is 0 Å². The molecule has 2 aromatic rings. The lowest BCUT2D eigenvalue weighted by Gasteiger charge is -2.22. The minimum Gasteiger partial charge on any atom is -0.454 e. The van der Waals surface area contributed by atoms with Crippen molar-refractivity contribution in [2.75, 3.05) is 27.4 Å². The fourth-order valence-electron chi connectivity index (χ4n) is 2.77. The molecule has 0 fully saturated rings. The first-order chi connectivity index (χ1) is 12.8. The third-order valence-corrected chi connectivity index (χ3v) is 6.15. The van der Waals surface area contributed by atoms with Gasteiger partial charge in [-0.25, -0.2) is 12.7 Å². The SMILES string of the molecule is CCN(Cc1ccc2c(c1)OCO2)C(=O)c1cccc(S(=O)(=O)N(C)C)c1. The number of benzene rings is 2. The van der Waals surface area contributed by atoms with Crippen LogP contribution in [0.15, 0.2) is 47.4 Å². The van der Waals surface area contributed by atoms with Crippen molar-refractivity contribution in [3.63, 3.8) is 0 Å². The summed E-state index contributed by atoms with van der Waals surface area (Å²) >= 11 is 0. The van der Waals surface area contributed by atoms with Crippen LogP contribution in [0, 0.1) is 0 Å². The molecule has 0 spiro atoms. The van der Waals surface area contributed by atoms with Crippen LogP contribution in [-0.4, -0.2) is 51.0 Å². The van der Waals surface area contributed by atoms with Gasteiger partial charge < -0.3 is 14.4 Å². The topological polar surface area (TPSA) is 76.1 Å². The molecule has 0 radical (unpaired) electrons.